The number of ether oxygens (including phenoxy) is 3. The number of hydrogen-bond donors (Lipinski definition) is 0. The Labute approximate surface area is 191 Å². The van der Waals surface area contributed by atoms with Gasteiger partial charge in [0.1, 0.15) is 6.61 Å². The minimum Gasteiger partial charge on any atom is -0.493 e. The number of esters is 1. The number of carbonyl (C=O) groups is 1. The predicted octanol–water partition coefficient (Wildman–Crippen LogP) is 5.77. The van der Waals surface area contributed by atoms with Gasteiger partial charge in [0, 0.05) is 5.56 Å². The molecular formula is C28H21NO4. The molecule has 0 saturated heterocycles. The van der Waals surface area contributed by atoms with Crippen molar-refractivity contribution in [2.75, 3.05) is 7.11 Å². The largest absolute Gasteiger partial charge is 0.493 e. The normalized spacial score (nSPS) is 14.3. The summed E-state index contributed by atoms with van der Waals surface area (Å²) in [5.74, 6) is 1.02. The maximum atomic E-state index is 12.5. The number of hydrogen-bond acceptors (Lipinski definition) is 5. The fourth-order valence-electron chi connectivity index (χ4n) is 3.72. The number of nitrogens with zero attached hydrogens (tertiary/aromatic N) is 1. The highest BCUT2D eigenvalue weighted by Crippen LogP contribution is 2.31. The number of methoxy groups -OCH3 is 1. The van der Waals surface area contributed by atoms with Gasteiger partial charge in [-0.1, -0.05) is 72.8 Å². The lowest BCUT2D eigenvalue weighted by molar-refractivity contribution is -0.129. The number of fused-ring (bicyclic) bond motifs is 1. The molecule has 1 aliphatic rings. The van der Waals surface area contributed by atoms with Gasteiger partial charge in [0.05, 0.1) is 7.11 Å². The predicted molar refractivity (Wildman–Crippen MR) is 128 cm³/mol. The van der Waals surface area contributed by atoms with E-state index in [1.807, 2.05) is 91.0 Å². The Morgan fingerprint density at radius 2 is 1.67 bits per heavy atom. The van der Waals surface area contributed by atoms with Gasteiger partial charge in [-0.25, -0.2) is 9.79 Å². The minimum absolute atomic E-state index is 0.234. The molecule has 0 aromatic heterocycles. The highest BCUT2D eigenvalue weighted by atomic mass is 16.6. The van der Waals surface area contributed by atoms with Crippen molar-refractivity contribution in [3.63, 3.8) is 0 Å². The third-order valence-electron chi connectivity index (χ3n) is 5.37. The number of cyclic esters (lactones) is 1. The van der Waals surface area contributed by atoms with Crippen molar-refractivity contribution >= 4 is 28.7 Å². The van der Waals surface area contributed by atoms with E-state index in [0.717, 1.165) is 27.5 Å². The summed E-state index contributed by atoms with van der Waals surface area (Å²) in [5, 5.41) is 2.04. The zero-order valence-corrected chi connectivity index (χ0v) is 18.0. The molecule has 0 bridgehead atoms. The van der Waals surface area contributed by atoms with Crippen LogP contribution in [-0.2, 0) is 16.1 Å². The van der Waals surface area contributed by atoms with Gasteiger partial charge in [-0.15, -0.1) is 0 Å². The molecule has 1 heterocycles. The smallest absolute Gasteiger partial charge is 0.363 e. The SMILES string of the molecule is COc1cc(C=C2N=C(c3cccc4ccccc34)OC2=O)ccc1OCc1ccccc1. The average Bonchev–Trinajstić information content (AvgIpc) is 3.23. The third kappa shape index (κ3) is 4.34. The Hall–Kier alpha value is -4.38. The molecule has 5 heteroatoms. The highest BCUT2D eigenvalue weighted by molar-refractivity contribution is 6.17. The summed E-state index contributed by atoms with van der Waals surface area (Å²) in [6.07, 6.45) is 1.68. The summed E-state index contributed by atoms with van der Waals surface area (Å²) >= 11 is 0. The van der Waals surface area contributed by atoms with Crippen molar-refractivity contribution in [3.05, 3.63) is 113 Å². The van der Waals surface area contributed by atoms with Crippen molar-refractivity contribution in [1.29, 1.82) is 0 Å². The number of aliphatic imine (C=N–C) groups is 1. The maximum Gasteiger partial charge on any atom is 0.363 e. The van der Waals surface area contributed by atoms with Crippen molar-refractivity contribution in [2.45, 2.75) is 6.61 Å². The highest BCUT2D eigenvalue weighted by Gasteiger charge is 2.25. The van der Waals surface area contributed by atoms with E-state index < -0.39 is 5.97 Å². The first-order valence-electron chi connectivity index (χ1n) is 10.6. The van der Waals surface area contributed by atoms with Gasteiger partial charge in [0.15, 0.2) is 17.2 Å². The fourth-order valence-corrected chi connectivity index (χ4v) is 3.72. The van der Waals surface area contributed by atoms with Gasteiger partial charge in [-0.3, -0.25) is 0 Å². The molecule has 0 N–H and O–H groups in total. The van der Waals surface area contributed by atoms with Gasteiger partial charge < -0.3 is 14.2 Å². The van der Waals surface area contributed by atoms with E-state index in [0.29, 0.717) is 24.0 Å². The molecule has 0 aliphatic carbocycles. The van der Waals surface area contributed by atoms with Crippen LogP contribution in [0.3, 0.4) is 0 Å². The van der Waals surface area contributed by atoms with Crippen molar-refractivity contribution in [2.24, 2.45) is 4.99 Å². The van der Waals surface area contributed by atoms with Crippen LogP contribution in [0, 0.1) is 0 Å². The van der Waals surface area contributed by atoms with Crippen LogP contribution in [0.5, 0.6) is 11.5 Å². The topological polar surface area (TPSA) is 57.1 Å². The van der Waals surface area contributed by atoms with E-state index in [1.54, 1.807) is 13.2 Å². The van der Waals surface area contributed by atoms with Gasteiger partial charge in [0.25, 0.3) is 0 Å². The molecule has 162 valence electrons. The molecule has 4 aromatic carbocycles. The first-order valence-corrected chi connectivity index (χ1v) is 10.6. The Morgan fingerprint density at radius 3 is 2.52 bits per heavy atom. The minimum atomic E-state index is -0.485. The monoisotopic (exact) mass is 435 g/mol. The van der Waals surface area contributed by atoms with Gasteiger partial charge in [0.2, 0.25) is 5.90 Å². The molecule has 33 heavy (non-hydrogen) atoms. The Morgan fingerprint density at radius 1 is 0.879 bits per heavy atom. The van der Waals surface area contributed by atoms with Crippen LogP contribution in [-0.4, -0.2) is 19.0 Å². The summed E-state index contributed by atoms with van der Waals surface area (Å²) < 4.78 is 16.9. The molecule has 5 nitrogen and oxygen atoms in total. The first-order chi connectivity index (χ1) is 16.2. The first kappa shape index (κ1) is 20.5. The molecule has 1 aliphatic heterocycles. The van der Waals surface area contributed by atoms with Crippen LogP contribution < -0.4 is 9.47 Å². The van der Waals surface area contributed by atoms with E-state index >= 15 is 0 Å². The van der Waals surface area contributed by atoms with Crippen LogP contribution in [0.2, 0.25) is 0 Å². The summed E-state index contributed by atoms with van der Waals surface area (Å²) in [4.78, 5) is 17.0. The summed E-state index contributed by atoms with van der Waals surface area (Å²) in [5.41, 5.74) is 2.84. The molecule has 0 atom stereocenters. The number of carbonyl (C=O) groups excluding carboxylic acids is 1. The van der Waals surface area contributed by atoms with Crippen LogP contribution in [0.25, 0.3) is 16.8 Å². The molecule has 0 fully saturated rings. The van der Waals surface area contributed by atoms with Crippen molar-refractivity contribution < 1.29 is 19.0 Å². The zero-order chi connectivity index (χ0) is 22.6. The molecule has 0 unspecified atom stereocenters. The second-order valence-electron chi connectivity index (χ2n) is 7.55. The summed E-state index contributed by atoms with van der Waals surface area (Å²) in [6, 6.07) is 29.2. The van der Waals surface area contributed by atoms with Gasteiger partial charge in [-0.2, -0.15) is 0 Å². The fraction of sp³-hybridized carbons (Fsp3) is 0.0714. The van der Waals surface area contributed by atoms with Crippen LogP contribution in [0.1, 0.15) is 16.7 Å². The quantitative estimate of drug-likeness (QED) is 0.285. The maximum absolute atomic E-state index is 12.5. The molecule has 0 amide bonds. The lowest BCUT2D eigenvalue weighted by Crippen LogP contribution is -2.05. The molecule has 0 saturated carbocycles. The van der Waals surface area contributed by atoms with Crippen LogP contribution in [0.4, 0.5) is 0 Å². The Kier molecular flexibility index (Phi) is 5.60. The third-order valence-corrected chi connectivity index (χ3v) is 5.37. The van der Waals surface area contributed by atoms with Gasteiger partial charge in [-0.05, 0) is 46.2 Å². The lowest BCUT2D eigenvalue weighted by Gasteiger charge is -2.11. The van der Waals surface area contributed by atoms with E-state index in [-0.39, 0.29) is 5.70 Å². The van der Waals surface area contributed by atoms with Gasteiger partial charge >= 0.3 is 5.97 Å². The molecule has 4 aromatic rings. The molecular weight excluding hydrogens is 414 g/mol. The van der Waals surface area contributed by atoms with E-state index in [9.17, 15) is 4.79 Å². The number of benzene rings is 4. The second-order valence-corrected chi connectivity index (χ2v) is 7.55. The summed E-state index contributed by atoms with van der Waals surface area (Å²) in [7, 11) is 1.59. The van der Waals surface area contributed by atoms with Crippen molar-refractivity contribution in [3.8, 4) is 11.5 Å². The summed E-state index contributed by atoms with van der Waals surface area (Å²) in [6.45, 7) is 0.433. The Balaban J connectivity index is 1.41. The Bertz CT molecular complexity index is 1380. The van der Waals surface area contributed by atoms with E-state index in [1.165, 1.54) is 0 Å². The van der Waals surface area contributed by atoms with Crippen LogP contribution >= 0.6 is 0 Å². The molecule has 0 spiro atoms. The van der Waals surface area contributed by atoms with Crippen molar-refractivity contribution in [1.82, 2.24) is 0 Å². The number of rotatable bonds is 6. The van der Waals surface area contributed by atoms with E-state index in [2.05, 4.69) is 4.99 Å². The molecule has 0 radical (unpaired) electrons. The van der Waals surface area contributed by atoms with Crippen LogP contribution in [0.15, 0.2) is 102 Å². The standard InChI is InChI=1S/C28H21NO4/c1-31-26-17-20(14-15-25(26)32-18-19-8-3-2-4-9-19)16-24-28(30)33-27(29-24)23-13-7-11-21-10-5-6-12-22(21)23/h2-17H,18H2,1H3. The average molecular weight is 435 g/mol. The second kappa shape index (κ2) is 9.01. The molecule has 5 rings (SSSR count). The van der Waals surface area contributed by atoms with E-state index in [4.69, 9.17) is 14.2 Å². The zero-order valence-electron chi connectivity index (χ0n) is 18.0. The lowest BCUT2D eigenvalue weighted by atomic mass is 10.0.